The van der Waals surface area contributed by atoms with Gasteiger partial charge in [-0.05, 0) is 24.5 Å². The van der Waals surface area contributed by atoms with Crippen molar-refractivity contribution in [3.05, 3.63) is 66.5 Å². The van der Waals surface area contributed by atoms with Crippen LogP contribution in [0.2, 0.25) is 0 Å². The van der Waals surface area contributed by atoms with E-state index in [1.54, 1.807) is 6.20 Å². The van der Waals surface area contributed by atoms with E-state index >= 15 is 0 Å². The molecule has 0 aliphatic rings. The van der Waals surface area contributed by atoms with Gasteiger partial charge in [-0.25, -0.2) is 4.98 Å². The Kier molecular flexibility index (Phi) is 6.14. The van der Waals surface area contributed by atoms with Crippen LogP contribution in [0.1, 0.15) is 26.0 Å². The van der Waals surface area contributed by atoms with Crippen molar-refractivity contribution in [1.29, 1.82) is 0 Å². The van der Waals surface area contributed by atoms with E-state index in [4.69, 9.17) is 0 Å². The fraction of sp³-hybridized carbons (Fsp3) is 0.286. The summed E-state index contributed by atoms with van der Waals surface area (Å²) in [7, 11) is 0. The minimum absolute atomic E-state index is 0.623. The summed E-state index contributed by atoms with van der Waals surface area (Å²) >= 11 is 0. The molecular formula is C21H25N5. The number of anilines is 2. The number of nitrogens with one attached hydrogen (secondary N) is 2. The second-order valence-corrected chi connectivity index (χ2v) is 6.61. The molecule has 0 saturated heterocycles. The number of nitrogens with zero attached hydrogens (tertiary/aromatic N) is 3. The van der Waals surface area contributed by atoms with Crippen LogP contribution in [0.5, 0.6) is 0 Å². The number of benzene rings is 1. The summed E-state index contributed by atoms with van der Waals surface area (Å²) in [6.07, 6.45) is 2.88. The molecule has 5 heteroatoms. The van der Waals surface area contributed by atoms with Gasteiger partial charge in [-0.15, -0.1) is 0 Å². The predicted molar refractivity (Wildman–Crippen MR) is 107 cm³/mol. The molecular weight excluding hydrogens is 322 g/mol. The van der Waals surface area contributed by atoms with Gasteiger partial charge in [0, 0.05) is 24.4 Å². The fourth-order valence-electron chi connectivity index (χ4n) is 2.53. The van der Waals surface area contributed by atoms with Crippen LogP contribution in [0.25, 0.3) is 11.3 Å². The standard InChI is InChI=1S/C21H25N5/c1-16(2)11-13-23-21-25-19(17-8-4-3-5-9-17)14-20(26-21)24-15-18-10-6-7-12-22-18/h3-10,12,14,16H,11,13,15H2,1-2H3,(H2,23,24,25,26). The van der Waals surface area contributed by atoms with Gasteiger partial charge in [-0.3, -0.25) is 4.98 Å². The molecule has 2 N–H and O–H groups in total. The summed E-state index contributed by atoms with van der Waals surface area (Å²) in [5.41, 5.74) is 2.94. The van der Waals surface area contributed by atoms with Crippen molar-refractivity contribution in [3.8, 4) is 11.3 Å². The van der Waals surface area contributed by atoms with Gasteiger partial charge in [-0.1, -0.05) is 50.2 Å². The molecule has 0 radical (unpaired) electrons. The van der Waals surface area contributed by atoms with Crippen molar-refractivity contribution >= 4 is 11.8 Å². The number of hydrogen-bond acceptors (Lipinski definition) is 5. The van der Waals surface area contributed by atoms with Crippen LogP contribution in [0.4, 0.5) is 11.8 Å². The Morgan fingerprint density at radius 3 is 2.46 bits per heavy atom. The highest BCUT2D eigenvalue weighted by molar-refractivity contribution is 5.64. The molecule has 0 bridgehead atoms. The first-order valence-electron chi connectivity index (χ1n) is 9.03. The Balaban J connectivity index is 1.80. The number of pyridine rings is 1. The van der Waals surface area contributed by atoms with E-state index in [0.29, 0.717) is 18.4 Å². The summed E-state index contributed by atoms with van der Waals surface area (Å²) in [5, 5.41) is 6.70. The molecule has 0 aliphatic heterocycles. The van der Waals surface area contributed by atoms with E-state index in [9.17, 15) is 0 Å². The van der Waals surface area contributed by atoms with Crippen LogP contribution in [-0.2, 0) is 6.54 Å². The van der Waals surface area contributed by atoms with E-state index < -0.39 is 0 Å². The summed E-state index contributed by atoms with van der Waals surface area (Å²) < 4.78 is 0. The van der Waals surface area contributed by atoms with E-state index in [1.807, 2.05) is 42.5 Å². The van der Waals surface area contributed by atoms with Gasteiger partial charge < -0.3 is 10.6 Å². The van der Waals surface area contributed by atoms with E-state index in [-0.39, 0.29) is 0 Å². The average molecular weight is 347 g/mol. The van der Waals surface area contributed by atoms with Crippen LogP contribution >= 0.6 is 0 Å². The zero-order valence-corrected chi connectivity index (χ0v) is 15.3. The summed E-state index contributed by atoms with van der Waals surface area (Å²) in [6, 6.07) is 18.0. The Morgan fingerprint density at radius 2 is 1.73 bits per heavy atom. The zero-order valence-electron chi connectivity index (χ0n) is 15.3. The molecule has 3 aromatic rings. The zero-order chi connectivity index (χ0) is 18.2. The lowest BCUT2D eigenvalue weighted by molar-refractivity contribution is 0.606. The predicted octanol–water partition coefficient (Wildman–Crippen LogP) is 4.61. The third-order valence-electron chi connectivity index (χ3n) is 3.98. The molecule has 0 atom stereocenters. The van der Waals surface area contributed by atoms with Crippen LogP contribution < -0.4 is 10.6 Å². The Bertz CT molecular complexity index is 803. The van der Waals surface area contributed by atoms with Crippen LogP contribution in [0, 0.1) is 5.92 Å². The van der Waals surface area contributed by atoms with Crippen LogP contribution in [-0.4, -0.2) is 21.5 Å². The summed E-state index contributed by atoms with van der Waals surface area (Å²) in [6.45, 7) is 5.90. The van der Waals surface area contributed by atoms with Gasteiger partial charge in [0.05, 0.1) is 17.9 Å². The third-order valence-corrected chi connectivity index (χ3v) is 3.98. The molecule has 0 amide bonds. The van der Waals surface area contributed by atoms with E-state index in [2.05, 4.69) is 51.6 Å². The maximum absolute atomic E-state index is 4.68. The molecule has 2 aromatic heterocycles. The molecule has 0 saturated carbocycles. The first-order valence-corrected chi connectivity index (χ1v) is 9.03. The van der Waals surface area contributed by atoms with Gasteiger partial charge in [0.25, 0.3) is 0 Å². The van der Waals surface area contributed by atoms with Crippen LogP contribution in [0.15, 0.2) is 60.8 Å². The quantitative estimate of drug-likeness (QED) is 0.623. The topological polar surface area (TPSA) is 62.7 Å². The molecule has 1 aromatic carbocycles. The summed E-state index contributed by atoms with van der Waals surface area (Å²) in [5.74, 6) is 2.08. The largest absolute Gasteiger partial charge is 0.364 e. The van der Waals surface area contributed by atoms with Gasteiger partial charge in [0.15, 0.2) is 0 Å². The van der Waals surface area contributed by atoms with Crippen molar-refractivity contribution in [3.63, 3.8) is 0 Å². The van der Waals surface area contributed by atoms with Crippen LogP contribution in [0.3, 0.4) is 0 Å². The second kappa shape index (κ2) is 8.94. The Labute approximate surface area is 154 Å². The monoisotopic (exact) mass is 347 g/mol. The molecule has 2 heterocycles. The van der Waals surface area contributed by atoms with Gasteiger partial charge in [0.1, 0.15) is 5.82 Å². The Morgan fingerprint density at radius 1 is 0.923 bits per heavy atom. The summed E-state index contributed by atoms with van der Waals surface area (Å²) in [4.78, 5) is 13.6. The lowest BCUT2D eigenvalue weighted by Gasteiger charge is -2.12. The van der Waals surface area contributed by atoms with Crippen molar-refractivity contribution in [2.75, 3.05) is 17.2 Å². The van der Waals surface area contributed by atoms with E-state index in [0.717, 1.165) is 35.7 Å². The average Bonchev–Trinajstić information content (AvgIpc) is 2.67. The molecule has 3 rings (SSSR count). The molecule has 0 spiro atoms. The SMILES string of the molecule is CC(C)CCNc1nc(NCc2ccccn2)cc(-c2ccccc2)n1. The highest BCUT2D eigenvalue weighted by Gasteiger charge is 2.07. The minimum atomic E-state index is 0.623. The molecule has 5 nitrogen and oxygen atoms in total. The second-order valence-electron chi connectivity index (χ2n) is 6.61. The normalized spacial score (nSPS) is 10.7. The maximum atomic E-state index is 4.68. The molecule has 0 fully saturated rings. The van der Waals surface area contributed by atoms with Crippen molar-refractivity contribution in [2.45, 2.75) is 26.8 Å². The number of hydrogen-bond donors (Lipinski definition) is 2. The highest BCUT2D eigenvalue weighted by Crippen LogP contribution is 2.21. The minimum Gasteiger partial charge on any atom is -0.364 e. The first kappa shape index (κ1) is 17.9. The molecule has 0 unspecified atom stereocenters. The fourth-order valence-corrected chi connectivity index (χ4v) is 2.53. The van der Waals surface area contributed by atoms with Gasteiger partial charge >= 0.3 is 0 Å². The lowest BCUT2D eigenvalue weighted by atomic mass is 10.1. The van der Waals surface area contributed by atoms with Gasteiger partial charge in [0.2, 0.25) is 5.95 Å². The smallest absolute Gasteiger partial charge is 0.225 e. The molecule has 134 valence electrons. The molecule has 0 aliphatic carbocycles. The first-order chi connectivity index (χ1) is 12.7. The van der Waals surface area contributed by atoms with Crippen molar-refractivity contribution in [2.24, 2.45) is 5.92 Å². The molecule has 26 heavy (non-hydrogen) atoms. The van der Waals surface area contributed by atoms with Crippen molar-refractivity contribution in [1.82, 2.24) is 15.0 Å². The maximum Gasteiger partial charge on any atom is 0.225 e. The van der Waals surface area contributed by atoms with E-state index in [1.165, 1.54) is 0 Å². The lowest BCUT2D eigenvalue weighted by Crippen LogP contribution is -2.10. The number of rotatable bonds is 8. The van der Waals surface area contributed by atoms with Gasteiger partial charge in [-0.2, -0.15) is 4.98 Å². The van der Waals surface area contributed by atoms with Crippen molar-refractivity contribution < 1.29 is 0 Å². The third kappa shape index (κ3) is 5.28. The Hall–Kier alpha value is -2.95. The highest BCUT2D eigenvalue weighted by atomic mass is 15.1. The number of aromatic nitrogens is 3.